The summed E-state index contributed by atoms with van der Waals surface area (Å²) >= 11 is 0. The maximum absolute atomic E-state index is 12.1. The lowest BCUT2D eigenvalue weighted by Gasteiger charge is -2.19. The lowest BCUT2D eigenvalue weighted by Crippen LogP contribution is -2.20. The zero-order valence-corrected chi connectivity index (χ0v) is 18.7. The average Bonchev–Trinajstić information content (AvgIpc) is 2.94. The third-order valence-corrected chi connectivity index (χ3v) is 5.96. The van der Waals surface area contributed by atoms with E-state index in [2.05, 4.69) is 13.0 Å². The minimum atomic E-state index is -0.597. The molecule has 0 aromatic rings. The summed E-state index contributed by atoms with van der Waals surface area (Å²) in [6.07, 6.45) is 15.9. The van der Waals surface area contributed by atoms with Gasteiger partial charge >= 0.3 is 0 Å². The second-order valence-corrected chi connectivity index (χ2v) is 8.82. The highest BCUT2D eigenvalue weighted by atomic mass is 16.3. The number of Topliss-reactive ketones (excluding diaryl/α,β-unsaturated/α-hetero) is 1. The topological polar surface area (TPSA) is 74.6 Å². The zero-order chi connectivity index (χ0) is 21.6. The van der Waals surface area contributed by atoms with Crippen molar-refractivity contribution in [2.24, 2.45) is 17.8 Å². The Labute approximate surface area is 177 Å². The van der Waals surface area contributed by atoms with Crippen LogP contribution in [0.2, 0.25) is 0 Å². The van der Waals surface area contributed by atoms with Crippen LogP contribution in [0.15, 0.2) is 24.3 Å². The number of carbonyl (C=O) groups excluding carboxylic acids is 2. The van der Waals surface area contributed by atoms with Crippen molar-refractivity contribution in [3.8, 4) is 0 Å². The van der Waals surface area contributed by atoms with Crippen LogP contribution in [0.1, 0.15) is 91.4 Å². The SMILES string of the molecule is CCCCCCCC(=O)/C=C/[C@@H]1[C@@H](C/C=C\CCCC(=O)C(C)C)[C@@H](O)C[C@H]1O. The Kier molecular flexibility index (Phi) is 13.0. The lowest BCUT2D eigenvalue weighted by molar-refractivity contribution is -0.122. The summed E-state index contributed by atoms with van der Waals surface area (Å²) in [5.74, 6) is 0.265. The van der Waals surface area contributed by atoms with E-state index in [1.54, 1.807) is 6.08 Å². The highest BCUT2D eigenvalue weighted by Crippen LogP contribution is 2.36. The Hall–Kier alpha value is -1.26. The van der Waals surface area contributed by atoms with E-state index in [0.29, 0.717) is 31.5 Å². The molecule has 1 rings (SSSR count). The number of ketones is 2. The Morgan fingerprint density at radius 1 is 0.966 bits per heavy atom. The molecule has 4 nitrogen and oxygen atoms in total. The Bertz CT molecular complexity index is 535. The highest BCUT2D eigenvalue weighted by molar-refractivity contribution is 5.89. The van der Waals surface area contributed by atoms with Crippen LogP contribution < -0.4 is 0 Å². The molecule has 2 N–H and O–H groups in total. The normalized spacial score (nSPS) is 24.9. The van der Waals surface area contributed by atoms with Gasteiger partial charge in [-0.15, -0.1) is 0 Å². The third-order valence-electron chi connectivity index (χ3n) is 5.96. The summed E-state index contributed by atoms with van der Waals surface area (Å²) in [4.78, 5) is 23.7. The molecule has 0 spiro atoms. The molecular formula is C25H42O4. The van der Waals surface area contributed by atoms with Crippen molar-refractivity contribution in [1.82, 2.24) is 0 Å². The van der Waals surface area contributed by atoms with Gasteiger partial charge in [0, 0.05) is 31.1 Å². The Morgan fingerprint density at radius 2 is 1.69 bits per heavy atom. The monoisotopic (exact) mass is 406 g/mol. The summed E-state index contributed by atoms with van der Waals surface area (Å²) in [5, 5.41) is 20.6. The van der Waals surface area contributed by atoms with Gasteiger partial charge in [-0.1, -0.05) is 64.7 Å². The maximum Gasteiger partial charge on any atom is 0.155 e. The van der Waals surface area contributed by atoms with Gasteiger partial charge in [0.2, 0.25) is 0 Å². The first-order chi connectivity index (χ1) is 13.9. The first kappa shape index (κ1) is 25.8. The molecule has 0 aromatic heterocycles. The molecule has 1 aliphatic carbocycles. The van der Waals surface area contributed by atoms with Crippen LogP contribution in [0.5, 0.6) is 0 Å². The fraction of sp³-hybridized carbons (Fsp3) is 0.760. The van der Waals surface area contributed by atoms with Crippen LogP contribution in [-0.2, 0) is 9.59 Å². The molecule has 1 saturated carbocycles. The van der Waals surface area contributed by atoms with Gasteiger partial charge in [-0.05, 0) is 37.7 Å². The van der Waals surface area contributed by atoms with E-state index in [-0.39, 0.29) is 23.5 Å². The first-order valence-corrected chi connectivity index (χ1v) is 11.6. The van der Waals surface area contributed by atoms with Gasteiger partial charge in [-0.25, -0.2) is 0 Å². The Morgan fingerprint density at radius 3 is 2.38 bits per heavy atom. The molecule has 0 heterocycles. The molecular weight excluding hydrogens is 364 g/mol. The van der Waals surface area contributed by atoms with Gasteiger partial charge in [0.1, 0.15) is 5.78 Å². The summed E-state index contributed by atoms with van der Waals surface area (Å²) in [7, 11) is 0. The molecule has 1 aliphatic rings. The van der Waals surface area contributed by atoms with E-state index in [1.165, 1.54) is 19.3 Å². The van der Waals surface area contributed by atoms with Crippen molar-refractivity contribution in [3.63, 3.8) is 0 Å². The van der Waals surface area contributed by atoms with E-state index in [1.807, 2.05) is 26.0 Å². The molecule has 4 heteroatoms. The third kappa shape index (κ3) is 10.4. The molecule has 0 saturated heterocycles. The van der Waals surface area contributed by atoms with Crippen LogP contribution in [-0.4, -0.2) is 34.0 Å². The minimum Gasteiger partial charge on any atom is -0.393 e. The van der Waals surface area contributed by atoms with E-state index in [0.717, 1.165) is 25.7 Å². The summed E-state index contributed by atoms with van der Waals surface area (Å²) in [5.41, 5.74) is 0. The molecule has 0 aliphatic heterocycles. The molecule has 0 aromatic carbocycles. The van der Waals surface area contributed by atoms with Crippen molar-refractivity contribution >= 4 is 11.6 Å². The molecule has 0 bridgehead atoms. The van der Waals surface area contributed by atoms with E-state index < -0.39 is 12.2 Å². The second-order valence-electron chi connectivity index (χ2n) is 8.82. The lowest BCUT2D eigenvalue weighted by atomic mass is 9.89. The van der Waals surface area contributed by atoms with Crippen molar-refractivity contribution in [3.05, 3.63) is 24.3 Å². The number of unbranched alkanes of at least 4 members (excludes halogenated alkanes) is 5. The van der Waals surface area contributed by atoms with Gasteiger partial charge in [0.05, 0.1) is 12.2 Å². The maximum atomic E-state index is 12.1. The van der Waals surface area contributed by atoms with Crippen LogP contribution >= 0.6 is 0 Å². The number of rotatable bonds is 15. The van der Waals surface area contributed by atoms with E-state index in [4.69, 9.17) is 0 Å². The van der Waals surface area contributed by atoms with Crippen molar-refractivity contribution < 1.29 is 19.8 Å². The molecule has 0 amide bonds. The molecule has 29 heavy (non-hydrogen) atoms. The summed E-state index contributed by atoms with van der Waals surface area (Å²) in [6, 6.07) is 0. The quantitative estimate of drug-likeness (QED) is 0.223. The van der Waals surface area contributed by atoms with Crippen molar-refractivity contribution in [1.29, 1.82) is 0 Å². The Balaban J connectivity index is 2.41. The number of hydrogen-bond acceptors (Lipinski definition) is 4. The summed E-state index contributed by atoms with van der Waals surface area (Å²) in [6.45, 7) is 6.03. The number of hydrogen-bond donors (Lipinski definition) is 2. The molecule has 166 valence electrons. The standard InChI is InChI=1S/C25H42O4/c1-4-5-6-7-10-13-20(26)16-17-22-21(24(28)18-25(22)29)14-11-8-9-12-15-23(27)19(2)3/h8,11,16-17,19,21-22,24-25,28-29H,4-7,9-10,12-15,18H2,1-3H3/b11-8-,17-16+/t21-,22-,24+,25-/m1/s1. The number of carbonyl (C=O) groups is 2. The van der Waals surface area contributed by atoms with Gasteiger partial charge in [0.15, 0.2) is 5.78 Å². The fourth-order valence-electron chi connectivity index (χ4n) is 3.96. The molecule has 1 fully saturated rings. The minimum absolute atomic E-state index is 0.0628. The van der Waals surface area contributed by atoms with Crippen molar-refractivity contribution in [2.45, 2.75) is 104 Å². The first-order valence-electron chi connectivity index (χ1n) is 11.6. The second kappa shape index (κ2) is 14.7. The highest BCUT2D eigenvalue weighted by Gasteiger charge is 2.39. The van der Waals surface area contributed by atoms with Gasteiger partial charge < -0.3 is 10.2 Å². The number of allylic oxidation sites excluding steroid dienone is 3. The van der Waals surface area contributed by atoms with Crippen LogP contribution in [0.4, 0.5) is 0 Å². The largest absolute Gasteiger partial charge is 0.393 e. The molecule has 4 atom stereocenters. The van der Waals surface area contributed by atoms with E-state index in [9.17, 15) is 19.8 Å². The average molecular weight is 407 g/mol. The smallest absolute Gasteiger partial charge is 0.155 e. The fourth-order valence-corrected chi connectivity index (χ4v) is 3.96. The van der Waals surface area contributed by atoms with E-state index >= 15 is 0 Å². The van der Waals surface area contributed by atoms with Crippen molar-refractivity contribution in [2.75, 3.05) is 0 Å². The summed E-state index contributed by atoms with van der Waals surface area (Å²) < 4.78 is 0. The van der Waals surface area contributed by atoms with Gasteiger partial charge in [0.25, 0.3) is 0 Å². The van der Waals surface area contributed by atoms with Gasteiger partial charge in [-0.2, -0.15) is 0 Å². The predicted octanol–water partition coefficient (Wildman–Crippen LogP) is 5.17. The van der Waals surface area contributed by atoms with Gasteiger partial charge in [-0.3, -0.25) is 9.59 Å². The van der Waals surface area contributed by atoms with Crippen LogP contribution in [0.25, 0.3) is 0 Å². The zero-order valence-electron chi connectivity index (χ0n) is 18.7. The molecule has 0 unspecified atom stereocenters. The predicted molar refractivity (Wildman–Crippen MR) is 119 cm³/mol. The number of aliphatic hydroxyl groups is 2. The number of aliphatic hydroxyl groups excluding tert-OH is 2. The van der Waals surface area contributed by atoms with Crippen LogP contribution in [0.3, 0.4) is 0 Å². The molecule has 0 radical (unpaired) electrons. The van der Waals surface area contributed by atoms with Crippen LogP contribution in [0, 0.1) is 17.8 Å².